The fraction of sp³-hybridized carbons (Fsp3) is 0.500. The van der Waals surface area contributed by atoms with Crippen molar-refractivity contribution in [3.63, 3.8) is 0 Å². The zero-order valence-electron chi connectivity index (χ0n) is 11.7. The van der Waals surface area contributed by atoms with Crippen molar-refractivity contribution in [3.8, 4) is 5.75 Å². The SMILES string of the molecule is CCC(O)(CC)CNC(=O)Nc1ccc(OC)cc1. The van der Waals surface area contributed by atoms with Gasteiger partial charge >= 0.3 is 6.03 Å². The third-order valence-electron chi connectivity index (χ3n) is 3.24. The molecule has 0 aliphatic rings. The average Bonchev–Trinajstić information content (AvgIpc) is 2.45. The normalized spacial score (nSPS) is 10.9. The first-order valence-corrected chi connectivity index (χ1v) is 6.44. The minimum atomic E-state index is -0.836. The summed E-state index contributed by atoms with van der Waals surface area (Å²) in [5, 5.41) is 15.4. The van der Waals surface area contributed by atoms with Crippen LogP contribution in [0, 0.1) is 0 Å². The third kappa shape index (κ3) is 4.79. The summed E-state index contributed by atoms with van der Waals surface area (Å²) in [4.78, 5) is 11.7. The van der Waals surface area contributed by atoms with E-state index < -0.39 is 5.60 Å². The number of aliphatic hydroxyl groups is 1. The number of urea groups is 1. The molecule has 19 heavy (non-hydrogen) atoms. The van der Waals surface area contributed by atoms with Crippen LogP contribution in [0.25, 0.3) is 0 Å². The van der Waals surface area contributed by atoms with Crippen molar-refractivity contribution < 1.29 is 14.6 Å². The molecule has 0 aliphatic carbocycles. The van der Waals surface area contributed by atoms with E-state index in [2.05, 4.69) is 10.6 Å². The van der Waals surface area contributed by atoms with Gasteiger partial charge in [-0.3, -0.25) is 0 Å². The van der Waals surface area contributed by atoms with Crippen LogP contribution in [0.5, 0.6) is 5.75 Å². The maximum Gasteiger partial charge on any atom is 0.319 e. The first-order chi connectivity index (χ1) is 9.03. The summed E-state index contributed by atoms with van der Waals surface area (Å²) in [7, 11) is 1.59. The second kappa shape index (κ2) is 6.99. The van der Waals surface area contributed by atoms with E-state index in [-0.39, 0.29) is 12.6 Å². The van der Waals surface area contributed by atoms with Crippen molar-refractivity contribution >= 4 is 11.7 Å². The molecule has 0 fully saturated rings. The number of carbonyl (C=O) groups excluding carboxylic acids is 1. The van der Waals surface area contributed by atoms with Crippen LogP contribution >= 0.6 is 0 Å². The quantitative estimate of drug-likeness (QED) is 0.740. The van der Waals surface area contributed by atoms with Gasteiger partial charge in [-0.1, -0.05) is 13.8 Å². The molecule has 106 valence electrons. The lowest BCUT2D eigenvalue weighted by molar-refractivity contribution is 0.0354. The highest BCUT2D eigenvalue weighted by atomic mass is 16.5. The van der Waals surface area contributed by atoms with Gasteiger partial charge in [-0.25, -0.2) is 4.79 Å². The Kier molecular flexibility index (Phi) is 5.63. The van der Waals surface area contributed by atoms with E-state index in [0.29, 0.717) is 18.5 Å². The van der Waals surface area contributed by atoms with Crippen molar-refractivity contribution in [1.82, 2.24) is 5.32 Å². The Morgan fingerprint density at radius 3 is 2.32 bits per heavy atom. The second-order valence-corrected chi connectivity index (χ2v) is 4.47. The van der Waals surface area contributed by atoms with Crippen LogP contribution in [0.1, 0.15) is 26.7 Å². The maximum atomic E-state index is 11.7. The van der Waals surface area contributed by atoms with Crippen molar-refractivity contribution in [3.05, 3.63) is 24.3 Å². The molecule has 0 aromatic heterocycles. The minimum Gasteiger partial charge on any atom is -0.497 e. The largest absolute Gasteiger partial charge is 0.497 e. The monoisotopic (exact) mass is 266 g/mol. The Morgan fingerprint density at radius 1 is 1.26 bits per heavy atom. The van der Waals surface area contributed by atoms with E-state index in [4.69, 9.17) is 4.74 Å². The molecule has 3 N–H and O–H groups in total. The molecule has 1 aromatic rings. The molecule has 0 saturated heterocycles. The van der Waals surface area contributed by atoms with Crippen molar-refractivity contribution in [2.45, 2.75) is 32.3 Å². The van der Waals surface area contributed by atoms with Gasteiger partial charge in [-0.15, -0.1) is 0 Å². The van der Waals surface area contributed by atoms with E-state index in [1.807, 2.05) is 13.8 Å². The fourth-order valence-corrected chi connectivity index (χ4v) is 1.59. The number of hydrogen-bond acceptors (Lipinski definition) is 3. The van der Waals surface area contributed by atoms with Crippen LogP contribution in [0.2, 0.25) is 0 Å². The summed E-state index contributed by atoms with van der Waals surface area (Å²) in [6.45, 7) is 4.03. The molecule has 0 aliphatic heterocycles. The van der Waals surface area contributed by atoms with E-state index in [1.54, 1.807) is 31.4 Å². The lowest BCUT2D eigenvalue weighted by Gasteiger charge is -2.25. The first kappa shape index (κ1) is 15.3. The van der Waals surface area contributed by atoms with Crippen molar-refractivity contribution in [2.24, 2.45) is 0 Å². The number of hydrogen-bond donors (Lipinski definition) is 3. The van der Waals surface area contributed by atoms with Crippen LogP contribution < -0.4 is 15.4 Å². The van der Waals surface area contributed by atoms with Gasteiger partial charge in [-0.05, 0) is 37.1 Å². The average molecular weight is 266 g/mol. The van der Waals surface area contributed by atoms with Crippen molar-refractivity contribution in [1.29, 1.82) is 0 Å². The molecule has 1 aromatic carbocycles. The Labute approximate surface area is 114 Å². The highest BCUT2D eigenvalue weighted by Gasteiger charge is 2.22. The van der Waals surface area contributed by atoms with E-state index in [1.165, 1.54) is 0 Å². The van der Waals surface area contributed by atoms with Crippen LogP contribution in [-0.4, -0.2) is 30.4 Å². The van der Waals surface area contributed by atoms with Gasteiger partial charge in [0.25, 0.3) is 0 Å². The molecule has 0 atom stereocenters. The minimum absolute atomic E-state index is 0.238. The number of nitrogens with one attached hydrogen (secondary N) is 2. The molecule has 1 rings (SSSR count). The predicted octanol–water partition coefficient (Wildman–Crippen LogP) is 2.37. The van der Waals surface area contributed by atoms with Gasteiger partial charge in [0.05, 0.1) is 12.7 Å². The number of rotatable bonds is 6. The van der Waals surface area contributed by atoms with E-state index in [9.17, 15) is 9.90 Å². The van der Waals surface area contributed by atoms with Gasteiger partial charge in [0, 0.05) is 12.2 Å². The Bertz CT molecular complexity index is 400. The van der Waals surface area contributed by atoms with Crippen LogP contribution in [-0.2, 0) is 0 Å². The number of ether oxygens (including phenoxy) is 1. The Morgan fingerprint density at radius 2 is 1.84 bits per heavy atom. The molecule has 5 nitrogen and oxygen atoms in total. The number of anilines is 1. The number of amides is 2. The standard InChI is InChI=1S/C14H22N2O3/c1-4-14(18,5-2)10-15-13(17)16-11-6-8-12(19-3)9-7-11/h6-9,18H,4-5,10H2,1-3H3,(H2,15,16,17). The molecule has 0 bridgehead atoms. The molecule has 0 saturated carbocycles. The van der Waals surface area contributed by atoms with E-state index >= 15 is 0 Å². The first-order valence-electron chi connectivity index (χ1n) is 6.44. The lowest BCUT2D eigenvalue weighted by atomic mass is 9.98. The van der Waals surface area contributed by atoms with Crippen LogP contribution in [0.4, 0.5) is 10.5 Å². The Balaban J connectivity index is 2.46. The molecule has 0 heterocycles. The zero-order chi connectivity index (χ0) is 14.3. The second-order valence-electron chi connectivity index (χ2n) is 4.47. The maximum absolute atomic E-state index is 11.7. The zero-order valence-corrected chi connectivity index (χ0v) is 11.7. The molecule has 2 amide bonds. The summed E-state index contributed by atoms with van der Waals surface area (Å²) >= 11 is 0. The molecule has 5 heteroatoms. The molecule has 0 unspecified atom stereocenters. The number of methoxy groups -OCH3 is 1. The number of benzene rings is 1. The molecular weight excluding hydrogens is 244 g/mol. The van der Waals surface area contributed by atoms with Crippen LogP contribution in [0.15, 0.2) is 24.3 Å². The van der Waals surface area contributed by atoms with Gasteiger partial charge in [0.1, 0.15) is 5.75 Å². The van der Waals surface area contributed by atoms with Crippen LogP contribution in [0.3, 0.4) is 0 Å². The summed E-state index contributed by atoms with van der Waals surface area (Å²) in [6.07, 6.45) is 1.21. The lowest BCUT2D eigenvalue weighted by Crippen LogP contribution is -2.43. The highest BCUT2D eigenvalue weighted by Crippen LogP contribution is 2.15. The smallest absolute Gasteiger partial charge is 0.319 e. The third-order valence-corrected chi connectivity index (χ3v) is 3.24. The summed E-state index contributed by atoms with van der Waals surface area (Å²) in [5.41, 5.74) is -0.160. The van der Waals surface area contributed by atoms with Gasteiger partial charge in [0.15, 0.2) is 0 Å². The number of carbonyl (C=O) groups is 1. The molecule has 0 radical (unpaired) electrons. The Hall–Kier alpha value is -1.75. The van der Waals surface area contributed by atoms with Gasteiger partial charge in [-0.2, -0.15) is 0 Å². The van der Waals surface area contributed by atoms with E-state index in [0.717, 1.165) is 5.75 Å². The predicted molar refractivity (Wildman–Crippen MR) is 75.5 cm³/mol. The summed E-state index contributed by atoms with van der Waals surface area (Å²) in [6, 6.07) is 6.72. The van der Waals surface area contributed by atoms with Gasteiger partial charge < -0.3 is 20.5 Å². The topological polar surface area (TPSA) is 70.6 Å². The highest BCUT2D eigenvalue weighted by molar-refractivity contribution is 5.89. The fourth-order valence-electron chi connectivity index (χ4n) is 1.59. The van der Waals surface area contributed by atoms with Gasteiger partial charge in [0.2, 0.25) is 0 Å². The summed E-state index contributed by atoms with van der Waals surface area (Å²) in [5.74, 6) is 0.734. The van der Waals surface area contributed by atoms with Crippen molar-refractivity contribution in [2.75, 3.05) is 19.0 Å². The summed E-state index contributed by atoms with van der Waals surface area (Å²) < 4.78 is 5.03. The molecular formula is C14H22N2O3. The molecule has 0 spiro atoms.